The molecule has 1 fully saturated rings. The van der Waals surface area contributed by atoms with Gasteiger partial charge in [-0.2, -0.15) is 0 Å². The first-order valence-electron chi connectivity index (χ1n) is 28.2. The van der Waals surface area contributed by atoms with Gasteiger partial charge in [0.25, 0.3) is 11.8 Å². The molecule has 0 saturated carbocycles. The third-order valence-electron chi connectivity index (χ3n) is 13.2. The lowest BCUT2D eigenvalue weighted by Gasteiger charge is -2.29. The number of aliphatic hydroxyl groups is 4. The summed E-state index contributed by atoms with van der Waals surface area (Å²) in [6, 6.07) is -15.5. The number of halogens is 1. The van der Waals surface area contributed by atoms with E-state index in [1.165, 1.54) is 6.92 Å². The quantitative estimate of drug-likeness (QED) is 0.0150. The van der Waals surface area contributed by atoms with Gasteiger partial charge in [0, 0.05) is 7.05 Å². The van der Waals surface area contributed by atoms with Gasteiger partial charge in [0.05, 0.1) is 37.0 Å². The van der Waals surface area contributed by atoms with Crippen LogP contribution in [0.25, 0.3) is 0 Å². The van der Waals surface area contributed by atoms with E-state index in [0.29, 0.717) is 12.8 Å². The van der Waals surface area contributed by atoms with Crippen molar-refractivity contribution >= 4 is 82.6 Å². The zero-order valence-electron chi connectivity index (χ0n) is 48.2. The average molecular weight is 1220 g/mol. The minimum absolute atomic E-state index is 0.131. The molecule has 0 spiro atoms. The summed E-state index contributed by atoms with van der Waals surface area (Å²) < 4.78 is 5.33. The number of nitrogens with one attached hydrogen (secondary N) is 10. The number of likely N-dealkylation sites (N-methyl/N-ethyl adjacent to an activating group) is 1. The van der Waals surface area contributed by atoms with Crippen LogP contribution in [0.5, 0.6) is 0 Å². The lowest BCUT2D eigenvalue weighted by Crippen LogP contribution is -2.63. The molecule has 31 nitrogen and oxygen atoms in total. The van der Waals surface area contributed by atoms with Gasteiger partial charge in [-0.1, -0.05) is 70.8 Å². The fourth-order valence-corrected chi connectivity index (χ4v) is 8.56. The number of carbonyl (C=O) groups is 12. The van der Waals surface area contributed by atoms with Crippen LogP contribution < -0.4 is 70.4 Å². The number of hydrogen-bond acceptors (Lipinski definition) is 20. The van der Waals surface area contributed by atoms with Gasteiger partial charge in [-0.05, 0) is 72.0 Å². The minimum atomic E-state index is -2.48. The SMILES string of the molecule is C/C=C1/NC(=O)[C@H]([C@H](C)O)NC(=O)[C@H](CCN)NC(=O)[C@H](CCCCN)NC(=O)[C@H](CC(=O)O)NC(=O)[C@@H](CCN)NC(=O)[C@@H](NC(=O)C[C@@H](O)CCCCCCCCCCC)COC(=O)[C@H]([C@H](O)CCl)NC(=O)[C@H](C(O)C(=O)NC)NC1=O. The molecule has 21 N–H and O–H groups in total. The van der Waals surface area contributed by atoms with Crippen molar-refractivity contribution in [2.75, 3.05) is 39.2 Å². The van der Waals surface area contributed by atoms with Gasteiger partial charge in [0.15, 0.2) is 12.1 Å². The van der Waals surface area contributed by atoms with Crippen molar-refractivity contribution in [3.05, 3.63) is 11.8 Å². The van der Waals surface area contributed by atoms with Gasteiger partial charge in [-0.15, -0.1) is 11.6 Å². The summed E-state index contributed by atoms with van der Waals surface area (Å²) in [6.45, 7) is 2.75. The van der Waals surface area contributed by atoms with Crippen molar-refractivity contribution in [2.24, 2.45) is 17.2 Å². The second-order valence-electron chi connectivity index (χ2n) is 20.1. The molecule has 1 unspecified atom stereocenters. The molecule has 32 heteroatoms. The highest BCUT2D eigenvalue weighted by Gasteiger charge is 2.40. The Morgan fingerprint density at radius 2 is 1.15 bits per heavy atom. The summed E-state index contributed by atoms with van der Waals surface area (Å²) in [5.74, 6) is -16.5. The van der Waals surface area contributed by atoms with Gasteiger partial charge < -0.3 is 101 Å². The van der Waals surface area contributed by atoms with Crippen LogP contribution in [0.1, 0.15) is 130 Å². The maximum Gasteiger partial charge on any atom is 0.331 e. The number of rotatable bonds is 28. The van der Waals surface area contributed by atoms with Crippen molar-refractivity contribution in [3.63, 3.8) is 0 Å². The molecule has 0 aromatic rings. The Hall–Kier alpha value is -6.61. The highest BCUT2D eigenvalue weighted by atomic mass is 35.5. The number of carboxylic acids is 1. The topological polar surface area (TPSA) is 514 Å². The first-order valence-corrected chi connectivity index (χ1v) is 28.8. The second-order valence-corrected chi connectivity index (χ2v) is 20.5. The zero-order chi connectivity index (χ0) is 63.5. The van der Waals surface area contributed by atoms with E-state index < -0.39 is 181 Å². The van der Waals surface area contributed by atoms with Crippen LogP contribution in [-0.4, -0.2) is 208 Å². The molecule has 10 amide bonds. The Balaban J connectivity index is 4.04. The molecule has 0 bridgehead atoms. The van der Waals surface area contributed by atoms with E-state index in [0.717, 1.165) is 71.4 Å². The van der Waals surface area contributed by atoms with Crippen LogP contribution in [0.2, 0.25) is 0 Å². The lowest BCUT2D eigenvalue weighted by atomic mass is 10.0. The van der Waals surface area contributed by atoms with Crippen LogP contribution in [0.4, 0.5) is 0 Å². The highest BCUT2D eigenvalue weighted by Crippen LogP contribution is 2.14. The molecule has 1 aliphatic heterocycles. The van der Waals surface area contributed by atoms with E-state index in [1.54, 1.807) is 0 Å². The number of carboxylic acid groups (broad SMARTS) is 1. The van der Waals surface area contributed by atoms with E-state index in [-0.39, 0.29) is 45.3 Å². The largest absolute Gasteiger partial charge is 0.481 e. The Kier molecular flexibility index (Phi) is 37.2. The molecule has 12 atom stereocenters. The molecule has 1 rings (SSSR count). The smallest absolute Gasteiger partial charge is 0.331 e. The van der Waals surface area contributed by atoms with E-state index in [9.17, 15) is 83.1 Å². The van der Waals surface area contributed by atoms with Gasteiger partial charge in [-0.25, -0.2) is 4.79 Å². The molecule has 1 heterocycles. The van der Waals surface area contributed by atoms with Crippen molar-refractivity contribution in [1.29, 1.82) is 0 Å². The molecule has 0 radical (unpaired) electrons. The number of hydrogen-bond donors (Lipinski definition) is 18. The van der Waals surface area contributed by atoms with Crippen molar-refractivity contribution in [1.82, 2.24) is 53.2 Å². The summed E-state index contributed by atoms with van der Waals surface area (Å²) >= 11 is 5.91. The third-order valence-corrected chi connectivity index (χ3v) is 13.5. The molecule has 0 aromatic heterocycles. The molecule has 1 saturated heterocycles. The maximum absolute atomic E-state index is 14.2. The van der Waals surface area contributed by atoms with Crippen LogP contribution >= 0.6 is 11.6 Å². The molecule has 478 valence electrons. The van der Waals surface area contributed by atoms with Crippen LogP contribution in [0, 0.1) is 0 Å². The molecule has 84 heavy (non-hydrogen) atoms. The lowest BCUT2D eigenvalue weighted by molar-refractivity contribution is -0.154. The van der Waals surface area contributed by atoms with Gasteiger partial charge in [0.2, 0.25) is 47.3 Å². The highest BCUT2D eigenvalue weighted by molar-refractivity contribution is 6.18. The molecular formula is C52H90ClN13O18. The van der Waals surface area contributed by atoms with Crippen molar-refractivity contribution < 1.29 is 87.8 Å². The van der Waals surface area contributed by atoms with E-state index in [4.69, 9.17) is 33.5 Å². The number of unbranched alkanes of at least 4 members (excludes halogenated alkanes) is 9. The van der Waals surface area contributed by atoms with Crippen LogP contribution in [0.15, 0.2) is 11.8 Å². The van der Waals surface area contributed by atoms with Crippen molar-refractivity contribution in [3.8, 4) is 0 Å². The Bertz CT molecular complexity index is 2210. The average Bonchev–Trinajstić information content (AvgIpc) is 3.66. The number of carbonyl (C=O) groups excluding carboxylic acids is 11. The van der Waals surface area contributed by atoms with Gasteiger partial charge in [-0.3, -0.25) is 52.7 Å². The number of esters is 1. The normalized spacial score (nSPS) is 24.3. The van der Waals surface area contributed by atoms with E-state index in [1.807, 2.05) is 10.6 Å². The first kappa shape index (κ1) is 75.4. The number of aliphatic carboxylic acids is 1. The monoisotopic (exact) mass is 1220 g/mol. The Morgan fingerprint density at radius 3 is 1.67 bits per heavy atom. The number of allylic oxidation sites excluding steroid dienone is 1. The number of cyclic esters (lactones) is 1. The van der Waals surface area contributed by atoms with Crippen LogP contribution in [-0.2, 0) is 62.3 Å². The standard InChI is InChI=1S/C52H90ClN13O18/c1-5-7-8-9-10-11-12-13-14-17-29(68)24-37(70)58-35-27-84-52(83)40(36(69)26-53)65-50(81)41(42(73)51(82)57-4)66-43(74)30(6-2)59-49(80)39(28(3)67)64-46(77)33(20-23-56)61-44(75)31(18-15-16-21-54)60-47(78)34(25-38(71)72)63-45(76)32(19-22-55)62-48(35)79/h6,28-29,31-36,39-42,67-69,73H,5,7-27,54-56H2,1-4H3,(H,57,82)(H,58,70)(H,59,80)(H,60,78)(H,61,75)(H,62,79)(H,63,76)(H,64,77)(H,65,81)(H,66,74)(H,71,72)/b30-6+/t28-,29-,31-,32+,33-,34-,35-,36+,39-,40-,41-,42?/m0/s1. The predicted molar refractivity (Wildman–Crippen MR) is 302 cm³/mol. The number of nitrogens with two attached hydrogens (primary N) is 3. The van der Waals surface area contributed by atoms with Gasteiger partial charge >= 0.3 is 11.9 Å². The Morgan fingerprint density at radius 1 is 0.643 bits per heavy atom. The summed E-state index contributed by atoms with van der Waals surface area (Å²) in [4.78, 5) is 164. The summed E-state index contributed by atoms with van der Waals surface area (Å²) in [5, 5.41) is 75.5. The number of ether oxygens (including phenoxy) is 1. The summed E-state index contributed by atoms with van der Waals surface area (Å²) in [6.07, 6.45) is 0.288. The number of aliphatic hydroxyl groups excluding tert-OH is 4. The zero-order valence-corrected chi connectivity index (χ0v) is 49.0. The molecule has 1 aliphatic rings. The summed E-state index contributed by atoms with van der Waals surface area (Å²) in [7, 11) is 1.05. The third kappa shape index (κ3) is 27.9. The fraction of sp³-hybridized carbons (Fsp3) is 0.731. The van der Waals surface area contributed by atoms with E-state index >= 15 is 0 Å². The molecular weight excluding hydrogens is 1130 g/mol. The van der Waals surface area contributed by atoms with Crippen molar-refractivity contribution in [2.45, 2.75) is 203 Å². The fourth-order valence-electron chi connectivity index (χ4n) is 8.38. The number of alkyl halides is 1. The van der Waals surface area contributed by atoms with Crippen LogP contribution in [0.3, 0.4) is 0 Å². The Labute approximate surface area is 493 Å². The second kappa shape index (κ2) is 41.4. The number of amides is 10. The minimum Gasteiger partial charge on any atom is -0.481 e. The summed E-state index contributed by atoms with van der Waals surface area (Å²) in [5.41, 5.74) is 16.5. The van der Waals surface area contributed by atoms with E-state index in [2.05, 4.69) is 49.5 Å². The predicted octanol–water partition coefficient (Wildman–Crippen LogP) is -5.50. The first-order chi connectivity index (χ1) is 39.8. The molecule has 0 aromatic carbocycles. The van der Waals surface area contributed by atoms with Gasteiger partial charge in [0.1, 0.15) is 54.6 Å². The molecule has 0 aliphatic carbocycles. The maximum atomic E-state index is 14.2.